The first kappa shape index (κ1) is 4.83. The van der Waals surface area contributed by atoms with Crippen LogP contribution in [0.15, 0.2) is 12.1 Å². The molecule has 1 rings (SSSR count). The molecular formula is C4H5NO3. The highest BCUT2D eigenvalue weighted by Crippen LogP contribution is 2.16. The third-order valence-corrected chi connectivity index (χ3v) is 0.815. The fourth-order valence-corrected chi connectivity index (χ4v) is 0.408. The topological polar surface area (TPSA) is 65.6 Å². The highest BCUT2D eigenvalue weighted by molar-refractivity contribution is 5.21. The van der Waals surface area contributed by atoms with Crippen molar-refractivity contribution in [3.05, 3.63) is 12.1 Å². The second-order valence-electron chi connectivity index (χ2n) is 1.36. The van der Waals surface area contributed by atoms with E-state index >= 15 is 0 Å². The molecule has 8 heavy (non-hydrogen) atoms. The molecule has 0 aromatic carbocycles. The molecule has 0 spiro atoms. The SMILES string of the molecule is Oc1ccc(O)n1O. The van der Waals surface area contributed by atoms with Crippen LogP contribution in [0.5, 0.6) is 11.8 Å². The first-order valence-electron chi connectivity index (χ1n) is 2.01. The summed E-state index contributed by atoms with van der Waals surface area (Å²) in [5.41, 5.74) is 0. The van der Waals surface area contributed by atoms with Gasteiger partial charge in [0, 0.05) is 12.1 Å². The van der Waals surface area contributed by atoms with E-state index in [-0.39, 0.29) is 16.5 Å². The quantitative estimate of drug-likeness (QED) is 0.421. The van der Waals surface area contributed by atoms with Crippen molar-refractivity contribution in [1.29, 1.82) is 0 Å². The molecule has 0 aliphatic heterocycles. The van der Waals surface area contributed by atoms with Gasteiger partial charge in [-0.25, -0.2) is 0 Å². The van der Waals surface area contributed by atoms with Crippen LogP contribution in [0.2, 0.25) is 0 Å². The van der Waals surface area contributed by atoms with Gasteiger partial charge in [0.1, 0.15) is 0 Å². The Balaban J connectivity index is 3.19. The normalized spacial score (nSPS) is 9.50. The molecule has 1 aromatic heterocycles. The lowest BCUT2D eigenvalue weighted by molar-refractivity contribution is 0.131. The zero-order valence-corrected chi connectivity index (χ0v) is 3.94. The lowest BCUT2D eigenvalue weighted by Gasteiger charge is -1.91. The monoisotopic (exact) mass is 115 g/mol. The van der Waals surface area contributed by atoms with Gasteiger partial charge in [0.15, 0.2) is 0 Å². The van der Waals surface area contributed by atoms with Crippen LogP contribution in [0.4, 0.5) is 0 Å². The molecule has 0 saturated heterocycles. The molecule has 0 radical (unpaired) electrons. The maximum atomic E-state index is 8.49. The molecular weight excluding hydrogens is 110 g/mol. The van der Waals surface area contributed by atoms with Crippen molar-refractivity contribution < 1.29 is 15.4 Å². The van der Waals surface area contributed by atoms with E-state index in [2.05, 4.69) is 0 Å². The second-order valence-corrected chi connectivity index (χ2v) is 1.36. The molecule has 0 amide bonds. The van der Waals surface area contributed by atoms with Gasteiger partial charge in [0.05, 0.1) is 0 Å². The third kappa shape index (κ3) is 0.465. The zero-order valence-electron chi connectivity index (χ0n) is 3.94. The van der Waals surface area contributed by atoms with Gasteiger partial charge < -0.3 is 15.4 Å². The summed E-state index contributed by atoms with van der Waals surface area (Å²) in [6.07, 6.45) is 0. The Labute approximate surface area is 45.2 Å². The number of rotatable bonds is 0. The van der Waals surface area contributed by atoms with Crippen molar-refractivity contribution in [2.45, 2.75) is 0 Å². The third-order valence-electron chi connectivity index (χ3n) is 0.815. The highest BCUT2D eigenvalue weighted by atomic mass is 16.5. The average Bonchev–Trinajstić information content (AvgIpc) is 1.98. The Bertz CT molecular complexity index is 174. The van der Waals surface area contributed by atoms with Crippen LogP contribution in [0.25, 0.3) is 0 Å². The molecule has 44 valence electrons. The summed E-state index contributed by atoms with van der Waals surface area (Å²) < 4.78 is 0.278. The minimum atomic E-state index is -0.373. The van der Waals surface area contributed by atoms with E-state index in [1.54, 1.807) is 0 Å². The van der Waals surface area contributed by atoms with Crippen molar-refractivity contribution in [2.75, 3.05) is 0 Å². The van der Waals surface area contributed by atoms with Crippen LogP contribution in [-0.4, -0.2) is 20.2 Å². The summed E-state index contributed by atoms with van der Waals surface area (Å²) in [4.78, 5) is 0. The van der Waals surface area contributed by atoms with E-state index < -0.39 is 0 Å². The standard InChI is InChI=1S/C4H5NO3/c6-3-1-2-4(7)5(3)8/h1-2,6-8H. The second kappa shape index (κ2) is 1.33. The van der Waals surface area contributed by atoms with E-state index in [0.29, 0.717) is 0 Å². The van der Waals surface area contributed by atoms with E-state index in [1.807, 2.05) is 0 Å². The molecule has 0 unspecified atom stereocenters. The Morgan fingerprint density at radius 2 is 1.50 bits per heavy atom. The minimum absolute atomic E-state index is 0.278. The zero-order chi connectivity index (χ0) is 6.15. The molecule has 0 aliphatic rings. The van der Waals surface area contributed by atoms with Gasteiger partial charge in [-0.3, -0.25) is 0 Å². The summed E-state index contributed by atoms with van der Waals surface area (Å²) in [6.45, 7) is 0. The summed E-state index contributed by atoms with van der Waals surface area (Å²) >= 11 is 0. The van der Waals surface area contributed by atoms with Crippen molar-refractivity contribution in [3.63, 3.8) is 0 Å². The Morgan fingerprint density at radius 3 is 1.62 bits per heavy atom. The van der Waals surface area contributed by atoms with Crippen LogP contribution >= 0.6 is 0 Å². The van der Waals surface area contributed by atoms with Crippen molar-refractivity contribution in [3.8, 4) is 11.8 Å². The first-order valence-corrected chi connectivity index (χ1v) is 2.01. The molecule has 0 saturated carbocycles. The fourth-order valence-electron chi connectivity index (χ4n) is 0.408. The van der Waals surface area contributed by atoms with Crippen LogP contribution in [0.3, 0.4) is 0 Å². The Kier molecular flexibility index (Phi) is 0.802. The lowest BCUT2D eigenvalue weighted by Crippen LogP contribution is -1.85. The van der Waals surface area contributed by atoms with Gasteiger partial charge in [0.25, 0.3) is 0 Å². The van der Waals surface area contributed by atoms with E-state index in [0.717, 1.165) is 0 Å². The summed E-state index contributed by atoms with van der Waals surface area (Å²) in [5, 5.41) is 25.4. The molecule has 4 nitrogen and oxygen atoms in total. The molecule has 1 aromatic rings. The summed E-state index contributed by atoms with van der Waals surface area (Å²) in [6, 6.07) is 2.35. The number of hydrogen-bond donors (Lipinski definition) is 3. The molecule has 0 fully saturated rings. The van der Waals surface area contributed by atoms with Gasteiger partial charge in [-0.05, 0) is 0 Å². The number of aromatic nitrogens is 1. The van der Waals surface area contributed by atoms with Crippen molar-refractivity contribution >= 4 is 0 Å². The minimum Gasteiger partial charge on any atom is -0.492 e. The number of nitrogens with zero attached hydrogens (tertiary/aromatic N) is 1. The summed E-state index contributed by atoms with van der Waals surface area (Å²) in [7, 11) is 0. The smallest absolute Gasteiger partial charge is 0.229 e. The Hall–Kier alpha value is -1.32. The van der Waals surface area contributed by atoms with Crippen molar-refractivity contribution in [1.82, 2.24) is 4.73 Å². The van der Waals surface area contributed by atoms with Gasteiger partial charge >= 0.3 is 0 Å². The molecule has 3 N–H and O–H groups in total. The van der Waals surface area contributed by atoms with Gasteiger partial charge in [0.2, 0.25) is 11.8 Å². The largest absolute Gasteiger partial charge is 0.492 e. The average molecular weight is 115 g/mol. The van der Waals surface area contributed by atoms with Crippen LogP contribution in [0, 0.1) is 0 Å². The van der Waals surface area contributed by atoms with Gasteiger partial charge in [-0.2, -0.15) is 0 Å². The molecule has 0 aliphatic carbocycles. The van der Waals surface area contributed by atoms with Crippen LogP contribution in [-0.2, 0) is 0 Å². The van der Waals surface area contributed by atoms with Gasteiger partial charge in [-0.15, -0.1) is 4.73 Å². The first-order chi connectivity index (χ1) is 3.72. The van der Waals surface area contributed by atoms with Crippen LogP contribution in [0.1, 0.15) is 0 Å². The van der Waals surface area contributed by atoms with E-state index in [1.165, 1.54) is 12.1 Å². The Morgan fingerprint density at radius 1 is 1.12 bits per heavy atom. The van der Waals surface area contributed by atoms with Crippen molar-refractivity contribution in [2.24, 2.45) is 0 Å². The lowest BCUT2D eigenvalue weighted by atomic mass is 10.6. The highest BCUT2D eigenvalue weighted by Gasteiger charge is 1.99. The summed E-state index contributed by atoms with van der Waals surface area (Å²) in [5.74, 6) is -0.745. The molecule has 1 heterocycles. The molecule has 4 heteroatoms. The maximum absolute atomic E-state index is 8.49. The van der Waals surface area contributed by atoms with E-state index in [9.17, 15) is 0 Å². The number of hydrogen-bond acceptors (Lipinski definition) is 3. The molecule has 0 bridgehead atoms. The van der Waals surface area contributed by atoms with Gasteiger partial charge in [-0.1, -0.05) is 0 Å². The van der Waals surface area contributed by atoms with E-state index in [4.69, 9.17) is 15.4 Å². The molecule has 0 atom stereocenters. The predicted octanol–water partition coefficient (Wildman–Crippen LogP) is 0.137. The fraction of sp³-hybridized carbons (Fsp3) is 0. The predicted molar refractivity (Wildman–Crippen MR) is 24.9 cm³/mol. The number of aromatic hydroxyl groups is 2. The maximum Gasteiger partial charge on any atom is 0.229 e. The van der Waals surface area contributed by atoms with Crippen LogP contribution < -0.4 is 0 Å².